The monoisotopic (exact) mass is 228 g/mol. The SMILES string of the molecule is CC(C)CCCNCCN(C(C)C)C(C)C. The van der Waals surface area contributed by atoms with Gasteiger partial charge >= 0.3 is 0 Å². The van der Waals surface area contributed by atoms with Crippen LogP contribution in [0.3, 0.4) is 0 Å². The quantitative estimate of drug-likeness (QED) is 0.610. The molecule has 0 radical (unpaired) electrons. The Balaban J connectivity index is 3.48. The Morgan fingerprint density at radius 2 is 1.44 bits per heavy atom. The van der Waals surface area contributed by atoms with Crippen LogP contribution in [0.5, 0.6) is 0 Å². The van der Waals surface area contributed by atoms with Crippen molar-refractivity contribution >= 4 is 0 Å². The third kappa shape index (κ3) is 8.12. The van der Waals surface area contributed by atoms with Gasteiger partial charge in [0, 0.05) is 25.2 Å². The van der Waals surface area contributed by atoms with E-state index >= 15 is 0 Å². The van der Waals surface area contributed by atoms with Gasteiger partial charge in [0.1, 0.15) is 0 Å². The summed E-state index contributed by atoms with van der Waals surface area (Å²) >= 11 is 0. The molecule has 1 N–H and O–H groups in total. The van der Waals surface area contributed by atoms with Crippen LogP contribution in [0.4, 0.5) is 0 Å². The van der Waals surface area contributed by atoms with Gasteiger partial charge in [0.15, 0.2) is 0 Å². The third-order valence-electron chi connectivity index (χ3n) is 3.01. The van der Waals surface area contributed by atoms with Gasteiger partial charge < -0.3 is 5.32 Å². The smallest absolute Gasteiger partial charge is 0.0112 e. The van der Waals surface area contributed by atoms with Gasteiger partial charge in [-0.2, -0.15) is 0 Å². The molecule has 2 nitrogen and oxygen atoms in total. The van der Waals surface area contributed by atoms with E-state index in [-0.39, 0.29) is 0 Å². The summed E-state index contributed by atoms with van der Waals surface area (Å²) in [7, 11) is 0. The van der Waals surface area contributed by atoms with Crippen molar-refractivity contribution in [1.29, 1.82) is 0 Å². The molecule has 0 aliphatic rings. The molecule has 0 rings (SSSR count). The first-order chi connectivity index (χ1) is 7.45. The van der Waals surface area contributed by atoms with Crippen LogP contribution in [0, 0.1) is 5.92 Å². The zero-order valence-electron chi connectivity index (χ0n) is 12.2. The van der Waals surface area contributed by atoms with E-state index in [0.29, 0.717) is 12.1 Å². The molecule has 0 aromatic heterocycles. The zero-order chi connectivity index (χ0) is 12.6. The zero-order valence-corrected chi connectivity index (χ0v) is 12.2. The molecule has 0 bridgehead atoms. The van der Waals surface area contributed by atoms with E-state index in [9.17, 15) is 0 Å². The van der Waals surface area contributed by atoms with Crippen LogP contribution in [0.15, 0.2) is 0 Å². The predicted molar refractivity (Wildman–Crippen MR) is 73.9 cm³/mol. The molecule has 0 aromatic carbocycles. The Morgan fingerprint density at radius 1 is 0.875 bits per heavy atom. The van der Waals surface area contributed by atoms with Crippen molar-refractivity contribution in [1.82, 2.24) is 10.2 Å². The Morgan fingerprint density at radius 3 is 1.88 bits per heavy atom. The number of rotatable bonds is 9. The maximum absolute atomic E-state index is 3.54. The van der Waals surface area contributed by atoms with Gasteiger partial charge in [-0.05, 0) is 53.0 Å². The molecule has 0 spiro atoms. The Hall–Kier alpha value is -0.0800. The van der Waals surface area contributed by atoms with Crippen LogP contribution in [0.25, 0.3) is 0 Å². The molecule has 0 aliphatic heterocycles. The molecule has 0 unspecified atom stereocenters. The van der Waals surface area contributed by atoms with Gasteiger partial charge in [0.05, 0.1) is 0 Å². The fourth-order valence-corrected chi connectivity index (χ4v) is 2.08. The second kappa shape index (κ2) is 9.00. The maximum atomic E-state index is 3.54. The molecule has 16 heavy (non-hydrogen) atoms. The van der Waals surface area contributed by atoms with Crippen LogP contribution in [0.1, 0.15) is 54.4 Å². The number of hydrogen-bond donors (Lipinski definition) is 1. The van der Waals surface area contributed by atoms with E-state index in [0.717, 1.165) is 19.0 Å². The first kappa shape index (κ1) is 15.9. The second-order valence-corrected chi connectivity index (χ2v) is 5.71. The lowest BCUT2D eigenvalue weighted by Crippen LogP contribution is -2.41. The molecule has 0 saturated carbocycles. The molecule has 0 aromatic rings. The number of nitrogens with one attached hydrogen (secondary N) is 1. The van der Waals surface area contributed by atoms with Gasteiger partial charge in [-0.1, -0.05) is 13.8 Å². The summed E-state index contributed by atoms with van der Waals surface area (Å²) in [5.41, 5.74) is 0. The summed E-state index contributed by atoms with van der Waals surface area (Å²) in [6, 6.07) is 1.30. The fraction of sp³-hybridized carbons (Fsp3) is 1.00. The van der Waals surface area contributed by atoms with Crippen molar-refractivity contribution < 1.29 is 0 Å². The summed E-state index contributed by atoms with van der Waals surface area (Å²) in [5, 5.41) is 3.54. The normalized spacial score (nSPS) is 12.4. The van der Waals surface area contributed by atoms with Gasteiger partial charge in [-0.15, -0.1) is 0 Å². The lowest BCUT2D eigenvalue weighted by Gasteiger charge is -2.30. The average Bonchev–Trinajstić information content (AvgIpc) is 2.14. The first-order valence-electron chi connectivity index (χ1n) is 6.91. The highest BCUT2D eigenvalue weighted by atomic mass is 15.2. The largest absolute Gasteiger partial charge is 0.315 e. The van der Waals surface area contributed by atoms with E-state index in [2.05, 4.69) is 51.8 Å². The van der Waals surface area contributed by atoms with Gasteiger partial charge in [-0.25, -0.2) is 0 Å². The van der Waals surface area contributed by atoms with E-state index in [1.54, 1.807) is 0 Å². The van der Waals surface area contributed by atoms with Crippen LogP contribution in [-0.4, -0.2) is 36.6 Å². The minimum atomic E-state index is 0.650. The van der Waals surface area contributed by atoms with E-state index in [4.69, 9.17) is 0 Å². The van der Waals surface area contributed by atoms with Crippen molar-refractivity contribution in [3.63, 3.8) is 0 Å². The molecular weight excluding hydrogens is 196 g/mol. The molecular formula is C14H32N2. The van der Waals surface area contributed by atoms with Gasteiger partial charge in [0.2, 0.25) is 0 Å². The van der Waals surface area contributed by atoms with Crippen molar-refractivity contribution in [3.05, 3.63) is 0 Å². The standard InChI is InChI=1S/C14H32N2/c1-12(2)8-7-9-15-10-11-16(13(3)4)14(5)6/h12-15H,7-11H2,1-6H3. The number of nitrogens with zero attached hydrogens (tertiary/aromatic N) is 1. The lowest BCUT2D eigenvalue weighted by atomic mass is 10.1. The van der Waals surface area contributed by atoms with Crippen LogP contribution in [-0.2, 0) is 0 Å². The minimum Gasteiger partial charge on any atom is -0.315 e. The van der Waals surface area contributed by atoms with Crippen molar-refractivity contribution in [2.45, 2.75) is 66.5 Å². The van der Waals surface area contributed by atoms with Crippen LogP contribution < -0.4 is 5.32 Å². The Bertz CT molecular complexity index is 145. The van der Waals surface area contributed by atoms with E-state index in [1.165, 1.54) is 19.4 Å². The molecule has 0 aliphatic carbocycles. The molecule has 98 valence electrons. The van der Waals surface area contributed by atoms with Crippen molar-refractivity contribution in [2.24, 2.45) is 5.92 Å². The molecule has 2 heteroatoms. The van der Waals surface area contributed by atoms with Gasteiger partial charge in [0.25, 0.3) is 0 Å². The molecule has 0 saturated heterocycles. The molecule has 0 fully saturated rings. The van der Waals surface area contributed by atoms with E-state index in [1.807, 2.05) is 0 Å². The Labute approximate surface area is 103 Å². The summed E-state index contributed by atoms with van der Waals surface area (Å²) in [6.45, 7) is 17.1. The molecule has 0 atom stereocenters. The summed E-state index contributed by atoms with van der Waals surface area (Å²) in [4.78, 5) is 2.54. The topological polar surface area (TPSA) is 15.3 Å². The second-order valence-electron chi connectivity index (χ2n) is 5.71. The summed E-state index contributed by atoms with van der Waals surface area (Å²) in [5.74, 6) is 0.838. The number of hydrogen-bond acceptors (Lipinski definition) is 2. The highest BCUT2D eigenvalue weighted by molar-refractivity contribution is 4.68. The van der Waals surface area contributed by atoms with Crippen molar-refractivity contribution in [3.8, 4) is 0 Å². The highest BCUT2D eigenvalue weighted by Gasteiger charge is 2.11. The molecule has 0 heterocycles. The third-order valence-corrected chi connectivity index (χ3v) is 3.01. The maximum Gasteiger partial charge on any atom is 0.0112 e. The average molecular weight is 228 g/mol. The lowest BCUT2D eigenvalue weighted by molar-refractivity contribution is 0.176. The minimum absolute atomic E-state index is 0.650. The highest BCUT2D eigenvalue weighted by Crippen LogP contribution is 2.04. The van der Waals surface area contributed by atoms with Crippen LogP contribution >= 0.6 is 0 Å². The summed E-state index contributed by atoms with van der Waals surface area (Å²) < 4.78 is 0. The van der Waals surface area contributed by atoms with E-state index < -0.39 is 0 Å². The van der Waals surface area contributed by atoms with Gasteiger partial charge in [-0.3, -0.25) is 4.90 Å². The van der Waals surface area contributed by atoms with Crippen LogP contribution in [0.2, 0.25) is 0 Å². The molecule has 0 amide bonds. The fourth-order valence-electron chi connectivity index (χ4n) is 2.08. The summed E-state index contributed by atoms with van der Waals surface area (Å²) in [6.07, 6.45) is 2.64. The Kier molecular flexibility index (Phi) is 8.96. The predicted octanol–water partition coefficient (Wildman–Crippen LogP) is 3.13. The first-order valence-corrected chi connectivity index (χ1v) is 6.91. The van der Waals surface area contributed by atoms with Crippen molar-refractivity contribution in [2.75, 3.05) is 19.6 Å².